The van der Waals surface area contributed by atoms with Gasteiger partial charge in [0.1, 0.15) is 17.3 Å². The molecule has 1 heterocycles. The molecular formula is C18H26O2Si. The lowest BCUT2D eigenvalue weighted by molar-refractivity contribution is 0.465. The van der Waals surface area contributed by atoms with Crippen LogP contribution >= 0.6 is 0 Å². The van der Waals surface area contributed by atoms with Gasteiger partial charge in [-0.1, -0.05) is 51.1 Å². The predicted molar refractivity (Wildman–Crippen MR) is 91.4 cm³/mol. The molecule has 0 aliphatic heterocycles. The summed E-state index contributed by atoms with van der Waals surface area (Å²) in [5.41, 5.74) is 2.20. The van der Waals surface area contributed by atoms with Crippen molar-refractivity contribution < 1.29 is 8.84 Å². The Balaban J connectivity index is 2.42. The molecule has 21 heavy (non-hydrogen) atoms. The number of benzene rings is 1. The highest BCUT2D eigenvalue weighted by Gasteiger charge is 2.40. The fourth-order valence-electron chi connectivity index (χ4n) is 2.06. The van der Waals surface area contributed by atoms with Gasteiger partial charge in [0, 0.05) is 11.1 Å². The van der Waals surface area contributed by atoms with E-state index in [1.807, 2.05) is 25.1 Å². The Kier molecular flexibility index (Phi) is 4.07. The molecule has 2 aromatic rings. The number of aryl methyl sites for hydroxylation is 1. The van der Waals surface area contributed by atoms with Crippen molar-refractivity contribution in [2.75, 3.05) is 0 Å². The Morgan fingerprint density at radius 1 is 1.00 bits per heavy atom. The molecule has 2 rings (SSSR count). The first-order chi connectivity index (χ1) is 9.63. The van der Waals surface area contributed by atoms with E-state index in [0.29, 0.717) is 0 Å². The number of furan rings is 1. The second-order valence-electron chi connectivity index (χ2n) is 7.17. The standard InChI is InChI=1S/C18H26O2Si/c1-13-16(20-21(6,7)18(3,4)5)14(2)19-17(13)15-11-9-8-10-12-15/h8-12H,1-7H3. The number of hydrogen-bond donors (Lipinski definition) is 0. The van der Waals surface area contributed by atoms with E-state index in [0.717, 1.165) is 28.4 Å². The number of hydrogen-bond acceptors (Lipinski definition) is 2. The second kappa shape index (κ2) is 5.37. The van der Waals surface area contributed by atoms with Crippen LogP contribution in [0.4, 0.5) is 0 Å². The largest absolute Gasteiger partial charge is 0.541 e. The average Bonchev–Trinajstić information content (AvgIpc) is 2.66. The van der Waals surface area contributed by atoms with Crippen LogP contribution in [-0.4, -0.2) is 8.32 Å². The summed E-state index contributed by atoms with van der Waals surface area (Å²) in [5.74, 6) is 2.72. The van der Waals surface area contributed by atoms with Crippen molar-refractivity contribution in [2.45, 2.75) is 52.8 Å². The van der Waals surface area contributed by atoms with Gasteiger partial charge in [0.2, 0.25) is 0 Å². The van der Waals surface area contributed by atoms with Crippen LogP contribution in [0.3, 0.4) is 0 Å². The van der Waals surface area contributed by atoms with E-state index in [4.69, 9.17) is 8.84 Å². The third-order valence-electron chi connectivity index (χ3n) is 4.46. The highest BCUT2D eigenvalue weighted by atomic mass is 28.4. The summed E-state index contributed by atoms with van der Waals surface area (Å²) in [4.78, 5) is 0. The van der Waals surface area contributed by atoms with Gasteiger partial charge < -0.3 is 8.84 Å². The smallest absolute Gasteiger partial charge is 0.250 e. The Bertz CT molecular complexity index is 619. The maximum atomic E-state index is 6.48. The summed E-state index contributed by atoms with van der Waals surface area (Å²) in [6, 6.07) is 10.2. The van der Waals surface area contributed by atoms with Crippen molar-refractivity contribution in [1.29, 1.82) is 0 Å². The molecule has 0 atom stereocenters. The zero-order valence-corrected chi connectivity index (χ0v) is 15.2. The van der Waals surface area contributed by atoms with Gasteiger partial charge >= 0.3 is 0 Å². The average molecular weight is 302 g/mol. The van der Waals surface area contributed by atoms with Crippen LogP contribution in [0.25, 0.3) is 11.3 Å². The molecular weight excluding hydrogens is 276 g/mol. The van der Waals surface area contributed by atoms with Crippen LogP contribution in [0.5, 0.6) is 5.75 Å². The highest BCUT2D eigenvalue weighted by molar-refractivity contribution is 6.74. The molecule has 0 aliphatic rings. The van der Waals surface area contributed by atoms with Crippen LogP contribution in [0.15, 0.2) is 34.7 Å². The summed E-state index contributed by atoms with van der Waals surface area (Å²) in [6.07, 6.45) is 0. The molecule has 0 bridgehead atoms. The molecule has 1 aromatic carbocycles. The maximum absolute atomic E-state index is 6.48. The van der Waals surface area contributed by atoms with E-state index >= 15 is 0 Å². The van der Waals surface area contributed by atoms with Gasteiger partial charge in [-0.05, 0) is 32.0 Å². The van der Waals surface area contributed by atoms with Gasteiger partial charge in [-0.25, -0.2) is 0 Å². The molecule has 0 aliphatic carbocycles. The van der Waals surface area contributed by atoms with Crippen LogP contribution in [0.1, 0.15) is 32.1 Å². The molecule has 0 unspecified atom stereocenters. The predicted octanol–water partition coefficient (Wildman–Crippen LogP) is 5.95. The van der Waals surface area contributed by atoms with Crippen molar-refractivity contribution in [3.63, 3.8) is 0 Å². The van der Waals surface area contributed by atoms with Crippen molar-refractivity contribution in [1.82, 2.24) is 0 Å². The van der Waals surface area contributed by atoms with Gasteiger partial charge in [-0.3, -0.25) is 0 Å². The maximum Gasteiger partial charge on any atom is 0.250 e. The van der Waals surface area contributed by atoms with Gasteiger partial charge in [-0.2, -0.15) is 0 Å². The van der Waals surface area contributed by atoms with Crippen molar-refractivity contribution in [3.8, 4) is 17.1 Å². The minimum absolute atomic E-state index is 0.177. The summed E-state index contributed by atoms with van der Waals surface area (Å²) >= 11 is 0. The molecule has 0 fully saturated rings. The molecule has 114 valence electrons. The van der Waals surface area contributed by atoms with Crippen molar-refractivity contribution in [3.05, 3.63) is 41.7 Å². The van der Waals surface area contributed by atoms with Gasteiger partial charge in [0.05, 0.1) is 0 Å². The lowest BCUT2D eigenvalue weighted by Gasteiger charge is -2.36. The molecule has 1 aromatic heterocycles. The molecule has 3 heteroatoms. The van der Waals surface area contributed by atoms with E-state index in [1.165, 1.54) is 0 Å². The lowest BCUT2D eigenvalue weighted by Crippen LogP contribution is -2.44. The molecule has 0 N–H and O–H groups in total. The first-order valence-electron chi connectivity index (χ1n) is 7.48. The first kappa shape index (κ1) is 15.9. The summed E-state index contributed by atoms with van der Waals surface area (Å²) in [6.45, 7) is 15.4. The van der Waals surface area contributed by atoms with Crippen molar-refractivity contribution in [2.24, 2.45) is 0 Å². The van der Waals surface area contributed by atoms with Crippen LogP contribution in [0.2, 0.25) is 18.1 Å². The Hall–Kier alpha value is -1.48. The van der Waals surface area contributed by atoms with Crippen LogP contribution < -0.4 is 4.43 Å². The molecule has 0 amide bonds. The zero-order chi connectivity index (χ0) is 15.8. The van der Waals surface area contributed by atoms with Gasteiger partial charge in [-0.15, -0.1) is 0 Å². The van der Waals surface area contributed by atoms with Crippen LogP contribution in [0, 0.1) is 13.8 Å². The first-order valence-corrected chi connectivity index (χ1v) is 10.4. The minimum Gasteiger partial charge on any atom is -0.541 e. The lowest BCUT2D eigenvalue weighted by atomic mass is 10.1. The molecule has 0 radical (unpaired) electrons. The Morgan fingerprint density at radius 3 is 2.10 bits per heavy atom. The Morgan fingerprint density at radius 2 is 1.57 bits per heavy atom. The van der Waals surface area contributed by atoms with Gasteiger partial charge in [0.15, 0.2) is 0 Å². The highest BCUT2D eigenvalue weighted by Crippen LogP contribution is 2.42. The second-order valence-corrected chi connectivity index (χ2v) is 11.9. The summed E-state index contributed by atoms with van der Waals surface area (Å²) in [5, 5.41) is 0.177. The summed E-state index contributed by atoms with van der Waals surface area (Å²) < 4.78 is 12.5. The molecule has 0 saturated heterocycles. The van der Waals surface area contributed by atoms with Crippen LogP contribution in [-0.2, 0) is 0 Å². The monoisotopic (exact) mass is 302 g/mol. The quantitative estimate of drug-likeness (QED) is 0.654. The Labute approximate surface area is 129 Å². The van der Waals surface area contributed by atoms with Gasteiger partial charge in [0.25, 0.3) is 8.32 Å². The SMILES string of the molecule is Cc1oc(-c2ccccc2)c(C)c1O[Si](C)(C)C(C)(C)C. The topological polar surface area (TPSA) is 22.4 Å². The van der Waals surface area contributed by atoms with Crippen molar-refractivity contribution >= 4 is 8.32 Å². The van der Waals surface area contributed by atoms with E-state index < -0.39 is 8.32 Å². The van der Waals surface area contributed by atoms with E-state index in [2.05, 4.69) is 52.9 Å². The van der Waals surface area contributed by atoms with E-state index in [9.17, 15) is 0 Å². The molecule has 0 spiro atoms. The third kappa shape index (κ3) is 3.08. The molecule has 0 saturated carbocycles. The van der Waals surface area contributed by atoms with E-state index in [-0.39, 0.29) is 5.04 Å². The summed E-state index contributed by atoms with van der Waals surface area (Å²) in [7, 11) is -1.86. The van der Waals surface area contributed by atoms with E-state index in [1.54, 1.807) is 0 Å². The fourth-order valence-corrected chi connectivity index (χ4v) is 3.18. The normalized spacial score (nSPS) is 12.5. The zero-order valence-electron chi connectivity index (χ0n) is 14.2. The molecule has 2 nitrogen and oxygen atoms in total. The minimum atomic E-state index is -1.86. The third-order valence-corrected chi connectivity index (χ3v) is 8.78. The fraction of sp³-hybridized carbons (Fsp3) is 0.444. The number of rotatable bonds is 3.